The number of fused-ring (bicyclic) bond motifs is 2. The highest BCUT2D eigenvalue weighted by atomic mass is 16.1. The zero-order chi connectivity index (χ0) is 14.9. The van der Waals surface area contributed by atoms with Crippen molar-refractivity contribution in [2.45, 2.75) is 0 Å². The van der Waals surface area contributed by atoms with E-state index < -0.39 is 0 Å². The molecule has 0 saturated carbocycles. The lowest BCUT2D eigenvalue weighted by Gasteiger charge is -1.99. The average Bonchev–Trinajstić information content (AvgIpc) is 2.96. The van der Waals surface area contributed by atoms with Gasteiger partial charge in [0.15, 0.2) is 0 Å². The van der Waals surface area contributed by atoms with Crippen molar-refractivity contribution in [3.8, 4) is 0 Å². The second-order valence-electron chi connectivity index (χ2n) is 4.96. The van der Waals surface area contributed by atoms with E-state index in [-0.39, 0.29) is 5.56 Å². The summed E-state index contributed by atoms with van der Waals surface area (Å²) in [6, 6.07) is 17.2. The Balaban J connectivity index is 1.80. The molecular formula is C17H12N4O. The predicted molar refractivity (Wildman–Crippen MR) is 87.3 cm³/mol. The third kappa shape index (κ3) is 2.09. The van der Waals surface area contributed by atoms with E-state index in [1.807, 2.05) is 54.6 Å². The van der Waals surface area contributed by atoms with Crippen molar-refractivity contribution >= 4 is 28.2 Å². The molecule has 0 amide bonds. The second kappa shape index (κ2) is 4.96. The van der Waals surface area contributed by atoms with Crippen LogP contribution in [0.4, 0.5) is 0 Å². The third-order valence-corrected chi connectivity index (χ3v) is 3.54. The van der Waals surface area contributed by atoms with E-state index in [9.17, 15) is 4.79 Å². The fourth-order valence-electron chi connectivity index (χ4n) is 2.42. The average molecular weight is 288 g/mol. The van der Waals surface area contributed by atoms with Gasteiger partial charge in [-0.15, -0.1) is 0 Å². The number of benzene rings is 2. The van der Waals surface area contributed by atoms with Crippen LogP contribution < -0.4 is 5.56 Å². The van der Waals surface area contributed by atoms with Crippen LogP contribution in [0, 0.1) is 0 Å². The molecule has 0 atom stereocenters. The van der Waals surface area contributed by atoms with Crippen LogP contribution in [0.5, 0.6) is 0 Å². The summed E-state index contributed by atoms with van der Waals surface area (Å²) in [6.45, 7) is 0. The van der Waals surface area contributed by atoms with E-state index in [4.69, 9.17) is 0 Å². The summed E-state index contributed by atoms with van der Waals surface area (Å²) in [7, 11) is 0. The van der Waals surface area contributed by atoms with Gasteiger partial charge in [0.25, 0.3) is 5.56 Å². The first kappa shape index (κ1) is 12.5. The van der Waals surface area contributed by atoms with E-state index in [0.717, 1.165) is 21.9 Å². The molecule has 106 valence electrons. The van der Waals surface area contributed by atoms with Gasteiger partial charge in [0.2, 0.25) is 0 Å². The van der Waals surface area contributed by atoms with Gasteiger partial charge in [-0.3, -0.25) is 4.79 Å². The summed E-state index contributed by atoms with van der Waals surface area (Å²) in [6.07, 6.45) is 3.19. The molecule has 2 aromatic carbocycles. The highest BCUT2D eigenvalue weighted by Crippen LogP contribution is 2.12. The lowest BCUT2D eigenvalue weighted by Crippen LogP contribution is -2.12. The summed E-state index contributed by atoms with van der Waals surface area (Å²) in [5.74, 6) is 0. The minimum atomic E-state index is -0.160. The largest absolute Gasteiger partial charge is 0.321 e. The predicted octanol–water partition coefficient (Wildman–Crippen LogP) is 2.76. The zero-order valence-electron chi connectivity index (χ0n) is 11.6. The maximum atomic E-state index is 12.1. The Bertz CT molecular complexity index is 1060. The topological polar surface area (TPSA) is 63.0 Å². The van der Waals surface area contributed by atoms with Crippen LogP contribution in [0.2, 0.25) is 0 Å². The summed E-state index contributed by atoms with van der Waals surface area (Å²) in [5.41, 5.74) is 2.93. The van der Waals surface area contributed by atoms with Gasteiger partial charge in [0.05, 0.1) is 22.8 Å². The normalized spacial score (nSPS) is 11.6. The van der Waals surface area contributed by atoms with Crippen LogP contribution in [0.15, 0.2) is 70.8 Å². The Morgan fingerprint density at radius 2 is 1.91 bits per heavy atom. The van der Waals surface area contributed by atoms with Gasteiger partial charge >= 0.3 is 0 Å². The summed E-state index contributed by atoms with van der Waals surface area (Å²) < 4.78 is 1.66. The lowest BCUT2D eigenvalue weighted by molar-refractivity contribution is 0.914. The number of rotatable bonds is 2. The Hall–Kier alpha value is -3.21. The fourth-order valence-corrected chi connectivity index (χ4v) is 2.42. The van der Waals surface area contributed by atoms with Crippen molar-refractivity contribution < 1.29 is 0 Å². The molecule has 4 aromatic rings. The fraction of sp³-hybridized carbons (Fsp3) is 0. The van der Waals surface area contributed by atoms with Gasteiger partial charge in [-0.05, 0) is 29.7 Å². The monoisotopic (exact) mass is 288 g/mol. The Morgan fingerprint density at radius 1 is 1.09 bits per heavy atom. The molecule has 5 heteroatoms. The lowest BCUT2D eigenvalue weighted by atomic mass is 10.2. The summed E-state index contributed by atoms with van der Waals surface area (Å²) in [4.78, 5) is 19.2. The molecule has 0 aliphatic carbocycles. The molecule has 2 heterocycles. The standard InChI is InChI=1S/C17H12N4O/c22-17-13(9-12-5-1-2-6-14(12)20-17)10-19-21-11-18-15-7-3-4-8-16(15)21/h1-11H,(H,20,22)/b19-10+. The minimum absolute atomic E-state index is 0.160. The summed E-state index contributed by atoms with van der Waals surface area (Å²) >= 11 is 0. The number of hydrogen-bond donors (Lipinski definition) is 1. The first-order valence-corrected chi connectivity index (χ1v) is 6.90. The number of para-hydroxylation sites is 3. The molecule has 0 saturated heterocycles. The van der Waals surface area contributed by atoms with Crippen molar-refractivity contribution in [1.29, 1.82) is 0 Å². The first-order chi connectivity index (χ1) is 10.8. The second-order valence-corrected chi connectivity index (χ2v) is 4.96. The number of aromatic amines is 1. The number of nitrogens with zero attached hydrogens (tertiary/aromatic N) is 3. The Labute approximate surface area is 125 Å². The van der Waals surface area contributed by atoms with Crippen LogP contribution in [0.1, 0.15) is 5.56 Å². The molecular weight excluding hydrogens is 276 g/mol. The van der Waals surface area contributed by atoms with Gasteiger partial charge in [0, 0.05) is 5.52 Å². The van der Waals surface area contributed by atoms with Gasteiger partial charge in [-0.25, -0.2) is 9.66 Å². The Morgan fingerprint density at radius 3 is 2.86 bits per heavy atom. The van der Waals surface area contributed by atoms with Gasteiger partial charge in [-0.1, -0.05) is 30.3 Å². The molecule has 0 spiro atoms. The van der Waals surface area contributed by atoms with Crippen LogP contribution in [0.3, 0.4) is 0 Å². The van der Waals surface area contributed by atoms with Crippen molar-refractivity contribution in [3.05, 3.63) is 76.8 Å². The van der Waals surface area contributed by atoms with Gasteiger partial charge in [-0.2, -0.15) is 5.10 Å². The number of aromatic nitrogens is 3. The Kier molecular flexibility index (Phi) is 2.83. The molecule has 2 aromatic heterocycles. The number of hydrogen-bond acceptors (Lipinski definition) is 3. The molecule has 0 radical (unpaired) electrons. The molecule has 0 fully saturated rings. The summed E-state index contributed by atoms with van der Waals surface area (Å²) in [5, 5.41) is 5.31. The third-order valence-electron chi connectivity index (χ3n) is 3.54. The van der Waals surface area contributed by atoms with E-state index in [1.165, 1.54) is 0 Å². The maximum Gasteiger partial charge on any atom is 0.257 e. The molecule has 0 bridgehead atoms. The van der Waals surface area contributed by atoms with Crippen LogP contribution in [0.25, 0.3) is 21.9 Å². The van der Waals surface area contributed by atoms with E-state index in [0.29, 0.717) is 5.56 Å². The van der Waals surface area contributed by atoms with Crippen LogP contribution in [-0.4, -0.2) is 20.9 Å². The van der Waals surface area contributed by atoms with E-state index >= 15 is 0 Å². The van der Waals surface area contributed by atoms with Crippen molar-refractivity contribution in [2.75, 3.05) is 0 Å². The smallest absolute Gasteiger partial charge is 0.257 e. The van der Waals surface area contributed by atoms with E-state index in [1.54, 1.807) is 17.2 Å². The molecule has 0 aliphatic rings. The number of H-pyrrole nitrogens is 1. The molecule has 5 nitrogen and oxygen atoms in total. The van der Waals surface area contributed by atoms with Crippen molar-refractivity contribution in [2.24, 2.45) is 5.10 Å². The van der Waals surface area contributed by atoms with Crippen molar-refractivity contribution in [3.63, 3.8) is 0 Å². The molecule has 22 heavy (non-hydrogen) atoms. The molecule has 1 N–H and O–H groups in total. The van der Waals surface area contributed by atoms with Gasteiger partial charge < -0.3 is 4.98 Å². The van der Waals surface area contributed by atoms with Gasteiger partial charge in [0.1, 0.15) is 6.33 Å². The molecule has 0 unspecified atom stereocenters. The number of nitrogens with one attached hydrogen (secondary N) is 1. The van der Waals surface area contributed by atoms with Crippen LogP contribution in [-0.2, 0) is 0 Å². The first-order valence-electron chi connectivity index (χ1n) is 6.90. The highest BCUT2D eigenvalue weighted by molar-refractivity contribution is 5.87. The van der Waals surface area contributed by atoms with Crippen molar-refractivity contribution in [1.82, 2.24) is 14.6 Å². The number of imidazole rings is 1. The number of pyridine rings is 1. The molecule has 4 rings (SSSR count). The zero-order valence-corrected chi connectivity index (χ0v) is 11.6. The minimum Gasteiger partial charge on any atom is -0.321 e. The molecule has 0 aliphatic heterocycles. The van der Waals surface area contributed by atoms with Crippen LogP contribution >= 0.6 is 0 Å². The maximum absolute atomic E-state index is 12.1. The quantitative estimate of drug-likeness (QED) is 0.576. The van der Waals surface area contributed by atoms with E-state index in [2.05, 4.69) is 15.1 Å². The SMILES string of the molecule is O=c1[nH]c2ccccc2cc1/C=N/n1cnc2ccccc21. The highest BCUT2D eigenvalue weighted by Gasteiger charge is 2.02.